The van der Waals surface area contributed by atoms with Crippen LogP contribution in [0.15, 0.2) is 23.8 Å². The SMILES string of the molecule is CC[S@](=O)[C@]12C[C@H]3O[C@]1(C)CC[C@H]2[C@@H]1CCC2=CC(=O)C=C[C@]2(C)C31F. The van der Waals surface area contributed by atoms with Crippen molar-refractivity contribution in [3.05, 3.63) is 23.8 Å². The zero-order chi connectivity index (χ0) is 18.5. The number of alkyl halides is 1. The molecule has 5 rings (SSSR count). The van der Waals surface area contributed by atoms with Crippen LogP contribution in [0.5, 0.6) is 0 Å². The predicted molar refractivity (Wildman–Crippen MR) is 98.9 cm³/mol. The van der Waals surface area contributed by atoms with Crippen molar-refractivity contribution in [2.24, 2.45) is 17.3 Å². The van der Waals surface area contributed by atoms with Crippen molar-refractivity contribution >= 4 is 16.6 Å². The summed E-state index contributed by atoms with van der Waals surface area (Å²) in [5.41, 5.74) is -1.91. The van der Waals surface area contributed by atoms with E-state index in [1.54, 1.807) is 12.2 Å². The van der Waals surface area contributed by atoms with Crippen molar-refractivity contribution in [1.82, 2.24) is 0 Å². The van der Waals surface area contributed by atoms with Gasteiger partial charge in [0, 0.05) is 27.9 Å². The molecule has 0 spiro atoms. The number of carbonyl (C=O) groups is 1. The van der Waals surface area contributed by atoms with Gasteiger partial charge in [-0.15, -0.1) is 0 Å². The van der Waals surface area contributed by atoms with Crippen LogP contribution in [0.1, 0.15) is 52.9 Å². The molecule has 4 fully saturated rings. The number of ether oxygens (including phenoxy) is 1. The van der Waals surface area contributed by atoms with Crippen LogP contribution in [0.4, 0.5) is 4.39 Å². The lowest BCUT2D eigenvalue weighted by Crippen LogP contribution is -2.66. The van der Waals surface area contributed by atoms with Crippen LogP contribution in [0.2, 0.25) is 0 Å². The lowest BCUT2D eigenvalue weighted by molar-refractivity contribution is -0.168. The fraction of sp³-hybridized carbons (Fsp3) is 0.762. The van der Waals surface area contributed by atoms with E-state index in [-0.39, 0.29) is 17.6 Å². The third kappa shape index (κ3) is 1.61. The topological polar surface area (TPSA) is 43.4 Å². The van der Waals surface area contributed by atoms with Crippen molar-refractivity contribution in [2.75, 3.05) is 5.75 Å². The second-order valence-electron chi connectivity index (χ2n) is 9.23. The molecule has 0 N–H and O–H groups in total. The first-order chi connectivity index (χ1) is 12.2. The lowest BCUT2D eigenvalue weighted by Gasteiger charge is -2.59. The molecule has 1 unspecified atom stereocenters. The summed E-state index contributed by atoms with van der Waals surface area (Å²) in [4.78, 5) is 11.9. The van der Waals surface area contributed by atoms with Crippen molar-refractivity contribution < 1.29 is 18.1 Å². The Hall–Kier alpha value is -0.810. The number of hydrogen-bond donors (Lipinski definition) is 0. The highest BCUT2D eigenvalue weighted by Gasteiger charge is 2.80. The highest BCUT2D eigenvalue weighted by molar-refractivity contribution is 7.86. The third-order valence-electron chi connectivity index (χ3n) is 8.57. The van der Waals surface area contributed by atoms with E-state index in [0.29, 0.717) is 12.2 Å². The lowest BCUT2D eigenvalue weighted by atomic mass is 9.48. The van der Waals surface area contributed by atoms with Crippen LogP contribution >= 0.6 is 0 Å². The summed E-state index contributed by atoms with van der Waals surface area (Å²) in [6, 6.07) is 0. The minimum atomic E-state index is -1.53. The van der Waals surface area contributed by atoms with Gasteiger partial charge in [-0.1, -0.05) is 18.6 Å². The summed E-state index contributed by atoms with van der Waals surface area (Å²) in [5.74, 6) is 0.505. The van der Waals surface area contributed by atoms with Crippen molar-refractivity contribution in [3.8, 4) is 0 Å². The molecule has 26 heavy (non-hydrogen) atoms. The quantitative estimate of drug-likeness (QED) is 0.737. The molecule has 0 aromatic carbocycles. The summed E-state index contributed by atoms with van der Waals surface area (Å²) >= 11 is 0. The van der Waals surface area contributed by atoms with Gasteiger partial charge >= 0.3 is 0 Å². The molecule has 3 saturated carbocycles. The number of hydrogen-bond acceptors (Lipinski definition) is 3. The Morgan fingerprint density at radius 3 is 2.81 bits per heavy atom. The normalized spacial score (nSPS) is 55.3. The second kappa shape index (κ2) is 4.96. The standard InChI is InChI=1S/C21H27FO3S/c1-4-26(24)20-12-17-21(22)16(15(20)8-10-19(20,3)25-17)6-5-13-11-14(23)7-9-18(13,21)2/h7,9,11,15-17H,4-6,8,10,12H2,1-3H3/t15-,16-,17+,18-,19+,20-,21?,26-/m0/s1. The van der Waals surface area contributed by atoms with Gasteiger partial charge in [-0.25, -0.2) is 4.39 Å². The number of ketones is 1. The predicted octanol–water partition coefficient (Wildman–Crippen LogP) is 3.65. The van der Waals surface area contributed by atoms with E-state index < -0.39 is 38.3 Å². The molecule has 1 saturated heterocycles. The van der Waals surface area contributed by atoms with Crippen LogP contribution in [0.25, 0.3) is 0 Å². The summed E-state index contributed by atoms with van der Waals surface area (Å²) in [6.07, 6.45) is 8.19. The van der Waals surface area contributed by atoms with Crippen LogP contribution in [-0.2, 0) is 20.3 Å². The molecule has 5 aliphatic rings. The summed E-state index contributed by atoms with van der Waals surface area (Å²) in [7, 11) is -1.01. The van der Waals surface area contributed by atoms with Crippen LogP contribution < -0.4 is 0 Å². The summed E-state index contributed by atoms with van der Waals surface area (Å²) < 4.78 is 36.4. The molecule has 0 aromatic heterocycles. The fourth-order valence-corrected chi connectivity index (χ4v) is 9.45. The molecule has 5 heteroatoms. The third-order valence-corrected chi connectivity index (χ3v) is 10.8. The molecular formula is C21H27FO3S. The Morgan fingerprint density at radius 2 is 2.08 bits per heavy atom. The average molecular weight is 379 g/mol. The summed E-state index contributed by atoms with van der Waals surface area (Å²) in [6.45, 7) is 5.98. The maximum atomic E-state index is 17.1. The van der Waals surface area contributed by atoms with E-state index in [4.69, 9.17) is 4.74 Å². The van der Waals surface area contributed by atoms with Gasteiger partial charge in [0.25, 0.3) is 0 Å². The highest BCUT2D eigenvalue weighted by Crippen LogP contribution is 2.73. The van der Waals surface area contributed by atoms with E-state index in [2.05, 4.69) is 6.92 Å². The summed E-state index contributed by atoms with van der Waals surface area (Å²) in [5, 5.41) is 0. The first-order valence-electron chi connectivity index (χ1n) is 9.92. The van der Waals surface area contributed by atoms with Crippen LogP contribution in [0, 0.1) is 17.3 Å². The minimum absolute atomic E-state index is 0.0439. The molecule has 0 radical (unpaired) electrons. The van der Waals surface area contributed by atoms with Crippen LogP contribution in [-0.4, -0.2) is 37.9 Å². The smallest absolute Gasteiger partial charge is 0.178 e. The number of carbonyl (C=O) groups excluding carboxylic acids is 1. The Morgan fingerprint density at radius 1 is 1.31 bits per heavy atom. The molecule has 2 bridgehead atoms. The van der Waals surface area contributed by atoms with Crippen molar-refractivity contribution in [3.63, 3.8) is 0 Å². The highest BCUT2D eigenvalue weighted by atomic mass is 32.2. The number of rotatable bonds is 2. The molecule has 3 nitrogen and oxygen atoms in total. The van der Waals surface area contributed by atoms with Gasteiger partial charge < -0.3 is 4.74 Å². The Bertz CT molecular complexity index is 790. The zero-order valence-electron chi connectivity index (χ0n) is 15.7. The fourth-order valence-electron chi connectivity index (χ4n) is 7.35. The Labute approximate surface area is 156 Å². The Kier molecular flexibility index (Phi) is 3.30. The van der Waals surface area contributed by atoms with E-state index in [1.165, 1.54) is 6.08 Å². The molecule has 0 amide bonds. The Balaban J connectivity index is 1.69. The average Bonchev–Trinajstić information content (AvgIpc) is 3.04. The van der Waals surface area contributed by atoms with E-state index >= 15 is 4.39 Å². The molecular weight excluding hydrogens is 351 g/mol. The van der Waals surface area contributed by atoms with Crippen molar-refractivity contribution in [1.29, 1.82) is 0 Å². The van der Waals surface area contributed by atoms with Gasteiger partial charge in [0.05, 0.1) is 16.5 Å². The van der Waals surface area contributed by atoms with E-state index in [1.807, 2.05) is 13.8 Å². The maximum absolute atomic E-state index is 17.1. The molecule has 8 atom stereocenters. The van der Waals surface area contributed by atoms with Gasteiger partial charge in [0.2, 0.25) is 0 Å². The molecule has 1 aliphatic heterocycles. The van der Waals surface area contributed by atoms with Gasteiger partial charge in [0.1, 0.15) is 0 Å². The van der Waals surface area contributed by atoms with Gasteiger partial charge in [-0.3, -0.25) is 9.00 Å². The second-order valence-corrected chi connectivity index (χ2v) is 11.2. The molecule has 0 aromatic rings. The number of allylic oxidation sites excluding steroid dienone is 4. The molecule has 142 valence electrons. The number of fused-ring (bicyclic) bond motifs is 6. The van der Waals surface area contributed by atoms with Gasteiger partial charge in [-0.05, 0) is 64.0 Å². The monoisotopic (exact) mass is 378 g/mol. The van der Waals surface area contributed by atoms with Gasteiger partial charge in [-0.2, -0.15) is 0 Å². The zero-order valence-corrected chi connectivity index (χ0v) is 16.5. The minimum Gasteiger partial charge on any atom is -0.367 e. The van der Waals surface area contributed by atoms with Gasteiger partial charge in [0.15, 0.2) is 11.5 Å². The van der Waals surface area contributed by atoms with E-state index in [9.17, 15) is 9.00 Å². The molecule has 1 heterocycles. The first kappa shape index (κ1) is 17.3. The maximum Gasteiger partial charge on any atom is 0.178 e. The van der Waals surface area contributed by atoms with E-state index in [0.717, 1.165) is 31.3 Å². The molecule has 4 aliphatic carbocycles. The first-order valence-corrected chi connectivity index (χ1v) is 11.2. The largest absolute Gasteiger partial charge is 0.367 e. The van der Waals surface area contributed by atoms with Crippen LogP contribution in [0.3, 0.4) is 0 Å². The van der Waals surface area contributed by atoms with Crippen molar-refractivity contribution in [2.45, 2.75) is 75.0 Å². The number of halogens is 1.